The quantitative estimate of drug-likeness (QED) is 0.396. The average molecular weight is 464 g/mol. The third-order valence-corrected chi connectivity index (χ3v) is 5.15. The number of rotatable bonds is 4. The maximum Gasteiger partial charge on any atom is 0.416 e. The number of alkyl halides is 3. The van der Waals surface area contributed by atoms with Crippen molar-refractivity contribution in [3.8, 4) is 11.1 Å². The van der Waals surface area contributed by atoms with Gasteiger partial charge in [0.05, 0.1) is 22.9 Å². The van der Waals surface area contributed by atoms with Crippen LogP contribution >= 0.6 is 23.2 Å². The average Bonchev–Trinajstić information content (AvgIpc) is 3.05. The maximum atomic E-state index is 14.6. The van der Waals surface area contributed by atoms with Crippen LogP contribution in [0.2, 0.25) is 10.0 Å². The smallest absolute Gasteiger partial charge is 0.416 e. The number of hydrogen-bond donors (Lipinski definition) is 0. The van der Waals surface area contributed by atoms with E-state index in [1.165, 1.54) is 13.0 Å². The van der Waals surface area contributed by atoms with Crippen molar-refractivity contribution in [3.63, 3.8) is 0 Å². The summed E-state index contributed by atoms with van der Waals surface area (Å²) < 4.78 is 58.2. The third-order valence-electron chi connectivity index (χ3n) is 4.52. The number of ether oxygens (including phenoxy) is 1. The summed E-state index contributed by atoms with van der Waals surface area (Å²) in [7, 11) is 0. The van der Waals surface area contributed by atoms with Gasteiger partial charge in [-0.3, -0.25) is 0 Å². The van der Waals surface area contributed by atoms with Gasteiger partial charge in [0.1, 0.15) is 5.82 Å². The second kappa shape index (κ2) is 8.07. The number of hydrogen-bond acceptors (Lipinski definition) is 4. The Morgan fingerprint density at radius 1 is 1.17 bits per heavy atom. The number of halogens is 6. The van der Waals surface area contributed by atoms with Gasteiger partial charge in [-0.15, -0.1) is 0 Å². The van der Waals surface area contributed by atoms with Crippen molar-refractivity contribution < 1.29 is 31.9 Å². The minimum Gasteiger partial charge on any atom is -0.463 e. The highest BCUT2D eigenvalue weighted by molar-refractivity contribution is 6.35. The van der Waals surface area contributed by atoms with Crippen LogP contribution < -0.4 is 0 Å². The summed E-state index contributed by atoms with van der Waals surface area (Å²) in [5.41, 5.74) is -1.82. The first-order valence-corrected chi connectivity index (χ1v) is 9.50. The lowest BCUT2D eigenvalue weighted by molar-refractivity contribution is -0.166. The number of oxime groups is 1. The Morgan fingerprint density at radius 3 is 2.43 bits per heavy atom. The summed E-state index contributed by atoms with van der Waals surface area (Å²) >= 11 is 12.2. The fraction of sp³-hybridized carbons (Fsp3) is 0.300. The molecule has 1 atom stereocenters. The highest BCUT2D eigenvalue weighted by atomic mass is 35.5. The molecule has 1 heterocycles. The van der Waals surface area contributed by atoms with Gasteiger partial charge < -0.3 is 9.57 Å². The molecule has 2 aromatic carbocycles. The van der Waals surface area contributed by atoms with Crippen LogP contribution in [0.25, 0.3) is 11.1 Å². The molecule has 160 valence electrons. The van der Waals surface area contributed by atoms with Gasteiger partial charge in [0.15, 0.2) is 0 Å². The van der Waals surface area contributed by atoms with Gasteiger partial charge in [-0.1, -0.05) is 34.4 Å². The lowest BCUT2D eigenvalue weighted by Crippen LogP contribution is -2.37. The molecular weight excluding hydrogens is 449 g/mol. The monoisotopic (exact) mass is 463 g/mol. The van der Waals surface area contributed by atoms with E-state index in [2.05, 4.69) is 5.16 Å². The number of benzene rings is 2. The van der Waals surface area contributed by atoms with Crippen LogP contribution in [0.15, 0.2) is 35.5 Å². The Hall–Kier alpha value is -2.32. The van der Waals surface area contributed by atoms with Crippen molar-refractivity contribution in [1.29, 1.82) is 0 Å². The lowest BCUT2D eigenvalue weighted by Gasteiger charge is -2.18. The fourth-order valence-electron chi connectivity index (χ4n) is 2.96. The molecular formula is C20H15Cl2F4NO3. The van der Waals surface area contributed by atoms with E-state index < -0.39 is 29.1 Å². The SMILES string of the molecule is CCOC(=O)C1(C)CC(c2cc(-c3ccc(C(F)(F)F)cc3Cl)c(F)cc2Cl)=NO1. The minimum atomic E-state index is -4.58. The van der Waals surface area contributed by atoms with E-state index in [4.69, 9.17) is 32.8 Å². The van der Waals surface area contributed by atoms with Crippen LogP contribution in [0.4, 0.5) is 17.6 Å². The van der Waals surface area contributed by atoms with E-state index in [9.17, 15) is 22.4 Å². The molecule has 0 saturated heterocycles. The first-order chi connectivity index (χ1) is 14.0. The van der Waals surface area contributed by atoms with E-state index in [0.29, 0.717) is 0 Å². The van der Waals surface area contributed by atoms with E-state index in [1.807, 2.05) is 0 Å². The van der Waals surface area contributed by atoms with E-state index in [1.54, 1.807) is 6.92 Å². The molecule has 0 radical (unpaired) electrons. The zero-order chi connectivity index (χ0) is 22.3. The topological polar surface area (TPSA) is 47.9 Å². The zero-order valence-electron chi connectivity index (χ0n) is 15.7. The molecule has 0 fully saturated rings. The number of carbonyl (C=O) groups excluding carboxylic acids is 1. The molecule has 0 aliphatic carbocycles. The van der Waals surface area contributed by atoms with Gasteiger partial charge in [0, 0.05) is 28.1 Å². The van der Waals surface area contributed by atoms with Crippen molar-refractivity contribution in [2.75, 3.05) is 6.61 Å². The Kier molecular flexibility index (Phi) is 6.02. The molecule has 0 aromatic heterocycles. The van der Waals surface area contributed by atoms with Gasteiger partial charge in [0.25, 0.3) is 0 Å². The lowest BCUT2D eigenvalue weighted by atomic mass is 9.93. The highest BCUT2D eigenvalue weighted by Gasteiger charge is 2.44. The Balaban J connectivity index is 2.00. The molecule has 0 amide bonds. The predicted octanol–water partition coefficient (Wildman–Crippen LogP) is 6.26. The predicted molar refractivity (Wildman–Crippen MR) is 104 cm³/mol. The van der Waals surface area contributed by atoms with Crippen molar-refractivity contribution in [3.05, 3.63) is 57.3 Å². The highest BCUT2D eigenvalue weighted by Crippen LogP contribution is 2.39. The van der Waals surface area contributed by atoms with Crippen molar-refractivity contribution in [2.24, 2.45) is 5.16 Å². The second-order valence-corrected chi connectivity index (χ2v) is 7.58. The van der Waals surface area contributed by atoms with Gasteiger partial charge in [-0.2, -0.15) is 13.2 Å². The molecule has 1 unspecified atom stereocenters. The van der Waals surface area contributed by atoms with Crippen molar-refractivity contribution in [2.45, 2.75) is 32.0 Å². The minimum absolute atomic E-state index is 0.00487. The van der Waals surface area contributed by atoms with Gasteiger partial charge in [-0.05, 0) is 38.1 Å². The van der Waals surface area contributed by atoms with E-state index >= 15 is 0 Å². The summed E-state index contributed by atoms with van der Waals surface area (Å²) in [4.78, 5) is 17.3. The van der Waals surface area contributed by atoms with Crippen LogP contribution in [-0.4, -0.2) is 23.9 Å². The summed E-state index contributed by atoms with van der Waals surface area (Å²) in [6.45, 7) is 3.29. The van der Waals surface area contributed by atoms with E-state index in [-0.39, 0.29) is 45.5 Å². The standard InChI is InChI=1S/C20H15Cl2F4NO3/c1-3-29-18(28)19(2)9-17(27-30-19)13-7-12(16(23)8-15(13)22)11-5-4-10(6-14(11)21)20(24,25)26/h4-8H,3,9H2,1-2H3. The Bertz CT molecular complexity index is 1040. The molecule has 0 spiro atoms. The van der Waals surface area contributed by atoms with Crippen LogP contribution in [0.5, 0.6) is 0 Å². The third kappa shape index (κ3) is 4.25. The normalized spacial score (nSPS) is 18.7. The molecule has 30 heavy (non-hydrogen) atoms. The number of carbonyl (C=O) groups is 1. The molecule has 0 saturated carbocycles. The van der Waals surface area contributed by atoms with Gasteiger partial charge in [0.2, 0.25) is 5.60 Å². The summed E-state index contributed by atoms with van der Waals surface area (Å²) in [6, 6.07) is 4.92. The van der Waals surface area contributed by atoms with Crippen LogP contribution in [0, 0.1) is 5.82 Å². The number of esters is 1. The maximum absolute atomic E-state index is 14.6. The molecule has 4 nitrogen and oxygen atoms in total. The van der Waals surface area contributed by atoms with Gasteiger partial charge in [-0.25, -0.2) is 9.18 Å². The molecule has 1 aliphatic rings. The first kappa shape index (κ1) is 22.4. The molecule has 10 heteroatoms. The zero-order valence-corrected chi connectivity index (χ0v) is 17.3. The molecule has 2 aromatic rings. The van der Waals surface area contributed by atoms with Crippen molar-refractivity contribution in [1.82, 2.24) is 0 Å². The summed E-state index contributed by atoms with van der Waals surface area (Å²) in [6.07, 6.45) is -4.57. The first-order valence-electron chi connectivity index (χ1n) is 8.75. The fourth-order valence-corrected chi connectivity index (χ4v) is 3.51. The molecule has 3 rings (SSSR count). The van der Waals surface area contributed by atoms with Crippen molar-refractivity contribution >= 4 is 34.9 Å². The van der Waals surface area contributed by atoms with Crippen LogP contribution in [-0.2, 0) is 20.5 Å². The van der Waals surface area contributed by atoms with Crippen LogP contribution in [0.3, 0.4) is 0 Å². The second-order valence-electron chi connectivity index (χ2n) is 6.76. The molecule has 1 aliphatic heterocycles. The largest absolute Gasteiger partial charge is 0.463 e. The summed E-state index contributed by atoms with van der Waals surface area (Å²) in [5, 5.41) is 3.60. The Labute approximate surface area is 179 Å². The van der Waals surface area contributed by atoms with Gasteiger partial charge >= 0.3 is 12.1 Å². The molecule has 0 bridgehead atoms. The van der Waals surface area contributed by atoms with E-state index in [0.717, 1.165) is 24.3 Å². The Morgan fingerprint density at radius 2 is 1.83 bits per heavy atom. The number of nitrogens with zero attached hydrogens (tertiary/aromatic N) is 1. The van der Waals surface area contributed by atoms with Crippen LogP contribution in [0.1, 0.15) is 31.4 Å². The summed E-state index contributed by atoms with van der Waals surface area (Å²) in [5.74, 6) is -1.40. The molecule has 0 N–H and O–H groups in total.